The first-order chi connectivity index (χ1) is 13.8. The lowest BCUT2D eigenvalue weighted by molar-refractivity contribution is 0.0530. The lowest BCUT2D eigenvalue weighted by atomic mass is 10.1. The van der Waals surface area contributed by atoms with Gasteiger partial charge in [-0.1, -0.05) is 51.9 Å². The van der Waals surface area contributed by atoms with Crippen LogP contribution in [-0.4, -0.2) is 46.3 Å². The van der Waals surface area contributed by atoms with Crippen molar-refractivity contribution in [2.24, 2.45) is 0 Å². The third kappa shape index (κ3) is 13.9. The number of anilines is 1. The van der Waals surface area contributed by atoms with E-state index in [-0.39, 0.29) is 11.3 Å². The molecule has 1 aromatic heterocycles. The van der Waals surface area contributed by atoms with Crippen LogP contribution >= 0.6 is 11.6 Å². The molecule has 1 heterocycles. The van der Waals surface area contributed by atoms with Crippen LogP contribution in [-0.2, 0) is 4.74 Å². The number of hydrogen-bond acceptors (Lipinski definition) is 7. The summed E-state index contributed by atoms with van der Waals surface area (Å²) in [6.07, 6.45) is 9.38. The van der Waals surface area contributed by atoms with E-state index in [2.05, 4.69) is 32.5 Å². The number of amides is 1. The van der Waals surface area contributed by atoms with E-state index < -0.39 is 11.7 Å². The highest BCUT2D eigenvalue weighted by atomic mass is 35.5. The molecule has 166 valence electrons. The second-order valence-electron chi connectivity index (χ2n) is 7.89. The number of halogens is 1. The largest absolute Gasteiger partial charge is 0.463 e. The molecule has 0 aliphatic carbocycles. The van der Waals surface area contributed by atoms with Crippen molar-refractivity contribution in [2.45, 2.75) is 84.7 Å². The van der Waals surface area contributed by atoms with Gasteiger partial charge in [0.2, 0.25) is 11.2 Å². The summed E-state index contributed by atoms with van der Waals surface area (Å²) in [6, 6.07) is 0.204. The third-order valence-corrected chi connectivity index (χ3v) is 4.06. The second kappa shape index (κ2) is 14.2. The fraction of sp³-hybridized carbons (Fsp3) is 0.800. The summed E-state index contributed by atoms with van der Waals surface area (Å²) in [4.78, 5) is 23.8. The number of aromatic nitrogens is 3. The molecule has 0 aromatic carbocycles. The maximum Gasteiger partial charge on any atom is 0.407 e. The first-order valence-corrected chi connectivity index (χ1v) is 10.9. The quantitative estimate of drug-likeness (QED) is 0.402. The topological polar surface area (TPSA) is 98.3 Å². The number of alkyl carbamates (subject to hydrolysis) is 1. The molecule has 0 atom stereocenters. The van der Waals surface area contributed by atoms with Crippen molar-refractivity contribution in [3.8, 4) is 6.01 Å². The molecule has 1 aromatic rings. The summed E-state index contributed by atoms with van der Waals surface area (Å²) < 4.78 is 10.8. The predicted octanol–water partition coefficient (Wildman–Crippen LogP) is 4.98. The number of rotatable bonds is 14. The Hall–Kier alpha value is -1.83. The summed E-state index contributed by atoms with van der Waals surface area (Å²) >= 11 is 5.94. The minimum atomic E-state index is -0.527. The van der Waals surface area contributed by atoms with Crippen molar-refractivity contribution in [1.82, 2.24) is 20.3 Å². The van der Waals surface area contributed by atoms with Crippen LogP contribution in [0.5, 0.6) is 6.01 Å². The van der Waals surface area contributed by atoms with Crippen LogP contribution in [0, 0.1) is 0 Å². The van der Waals surface area contributed by atoms with E-state index in [1.54, 1.807) is 0 Å². The maximum atomic E-state index is 11.6. The van der Waals surface area contributed by atoms with Crippen molar-refractivity contribution in [3.63, 3.8) is 0 Å². The average Bonchev–Trinajstić information content (AvgIpc) is 2.62. The Morgan fingerprint density at radius 3 is 2.28 bits per heavy atom. The van der Waals surface area contributed by atoms with Gasteiger partial charge in [-0.25, -0.2) is 4.79 Å². The molecule has 0 radical (unpaired) electrons. The maximum absolute atomic E-state index is 11.6. The van der Waals surface area contributed by atoms with Gasteiger partial charge in [-0.05, 0) is 38.8 Å². The first-order valence-electron chi connectivity index (χ1n) is 10.6. The summed E-state index contributed by atoms with van der Waals surface area (Å²) in [5, 5.41) is 5.69. The van der Waals surface area contributed by atoms with Crippen molar-refractivity contribution < 1.29 is 14.3 Å². The van der Waals surface area contributed by atoms with Crippen LogP contribution in [0.3, 0.4) is 0 Å². The van der Waals surface area contributed by atoms with Gasteiger partial charge in [0.25, 0.3) is 0 Å². The van der Waals surface area contributed by atoms with Crippen LogP contribution in [0.4, 0.5) is 10.7 Å². The van der Waals surface area contributed by atoms with Gasteiger partial charge in [0.1, 0.15) is 5.60 Å². The van der Waals surface area contributed by atoms with Gasteiger partial charge in [0, 0.05) is 13.1 Å². The zero-order chi connectivity index (χ0) is 21.5. The third-order valence-electron chi connectivity index (χ3n) is 3.89. The number of carbonyl (C=O) groups excluding carboxylic acids is 1. The number of hydrogen-bond donors (Lipinski definition) is 2. The molecule has 1 amide bonds. The molecular weight excluding hydrogens is 394 g/mol. The highest BCUT2D eigenvalue weighted by Gasteiger charge is 2.15. The fourth-order valence-electron chi connectivity index (χ4n) is 2.53. The van der Waals surface area contributed by atoms with Crippen molar-refractivity contribution in [1.29, 1.82) is 0 Å². The molecule has 0 aliphatic rings. The van der Waals surface area contributed by atoms with E-state index in [4.69, 9.17) is 21.1 Å². The predicted molar refractivity (Wildman–Crippen MR) is 116 cm³/mol. The molecule has 2 N–H and O–H groups in total. The number of nitrogens with zero attached hydrogens (tertiary/aromatic N) is 3. The van der Waals surface area contributed by atoms with Gasteiger partial charge in [0.05, 0.1) is 6.61 Å². The highest BCUT2D eigenvalue weighted by Crippen LogP contribution is 2.13. The van der Waals surface area contributed by atoms with Crippen LogP contribution in [0.2, 0.25) is 5.28 Å². The minimum absolute atomic E-state index is 0.0634. The number of unbranched alkanes of at least 4 members (excludes halogenated alkanes) is 7. The monoisotopic (exact) mass is 429 g/mol. The van der Waals surface area contributed by atoms with E-state index in [9.17, 15) is 4.79 Å². The van der Waals surface area contributed by atoms with E-state index >= 15 is 0 Å². The molecule has 8 nitrogen and oxygen atoms in total. The van der Waals surface area contributed by atoms with Gasteiger partial charge in [-0.3, -0.25) is 0 Å². The van der Waals surface area contributed by atoms with Crippen LogP contribution in [0.25, 0.3) is 0 Å². The molecular formula is C20H36ClN5O3. The van der Waals surface area contributed by atoms with E-state index in [0.717, 1.165) is 12.8 Å². The lowest BCUT2D eigenvalue weighted by Gasteiger charge is -2.19. The summed E-state index contributed by atoms with van der Waals surface area (Å²) in [5.74, 6) is 0.307. The first kappa shape index (κ1) is 25.2. The molecule has 1 rings (SSSR count). The number of nitrogens with one attached hydrogen (secondary N) is 2. The molecule has 9 heteroatoms. The fourth-order valence-corrected chi connectivity index (χ4v) is 2.68. The van der Waals surface area contributed by atoms with Crippen LogP contribution in [0.15, 0.2) is 0 Å². The Morgan fingerprint density at radius 1 is 0.966 bits per heavy atom. The molecule has 29 heavy (non-hydrogen) atoms. The Kier molecular flexibility index (Phi) is 12.3. The van der Waals surface area contributed by atoms with Gasteiger partial charge < -0.3 is 20.1 Å². The molecule has 0 aliphatic heterocycles. The zero-order valence-corrected chi connectivity index (χ0v) is 19.0. The lowest BCUT2D eigenvalue weighted by Crippen LogP contribution is -2.35. The number of ether oxygens (including phenoxy) is 2. The van der Waals surface area contributed by atoms with Crippen molar-refractivity contribution in [3.05, 3.63) is 5.28 Å². The van der Waals surface area contributed by atoms with Gasteiger partial charge in [-0.2, -0.15) is 15.0 Å². The zero-order valence-electron chi connectivity index (χ0n) is 18.2. The summed E-state index contributed by atoms with van der Waals surface area (Å²) in [7, 11) is 0. The smallest absolute Gasteiger partial charge is 0.407 e. The van der Waals surface area contributed by atoms with Crippen LogP contribution in [0.1, 0.15) is 79.1 Å². The Labute approximate surface area is 179 Å². The molecule has 0 spiro atoms. The molecule has 0 bridgehead atoms. The van der Waals surface area contributed by atoms with E-state index in [1.165, 1.54) is 38.5 Å². The highest BCUT2D eigenvalue weighted by molar-refractivity contribution is 6.28. The normalized spacial score (nSPS) is 11.2. The summed E-state index contributed by atoms with van der Waals surface area (Å²) in [6.45, 7) is 8.98. The van der Waals surface area contributed by atoms with Crippen molar-refractivity contribution >= 4 is 23.6 Å². The van der Waals surface area contributed by atoms with E-state index in [0.29, 0.717) is 25.6 Å². The van der Waals surface area contributed by atoms with Crippen molar-refractivity contribution in [2.75, 3.05) is 25.0 Å². The van der Waals surface area contributed by atoms with Gasteiger partial charge >= 0.3 is 12.1 Å². The van der Waals surface area contributed by atoms with Gasteiger partial charge in [0.15, 0.2) is 0 Å². The average molecular weight is 430 g/mol. The minimum Gasteiger partial charge on any atom is -0.463 e. The molecule has 0 saturated carbocycles. The number of carbonyl (C=O) groups is 1. The van der Waals surface area contributed by atoms with Crippen LogP contribution < -0.4 is 15.4 Å². The molecule has 0 fully saturated rings. The molecule has 0 unspecified atom stereocenters. The Morgan fingerprint density at radius 2 is 1.62 bits per heavy atom. The van der Waals surface area contributed by atoms with E-state index in [1.807, 2.05) is 20.8 Å². The summed E-state index contributed by atoms with van der Waals surface area (Å²) in [5.41, 5.74) is -0.527. The Balaban J connectivity index is 2.22. The molecule has 0 saturated heterocycles. The Bertz CT molecular complexity index is 596. The van der Waals surface area contributed by atoms with Gasteiger partial charge in [-0.15, -0.1) is 0 Å². The SMILES string of the molecule is CCCCCCCCCCOc1nc(Cl)nc(NCCNC(=O)OC(C)(C)C)n1. The second-order valence-corrected chi connectivity index (χ2v) is 8.23. The standard InChI is InChI=1S/C20H36ClN5O3/c1-5-6-7-8-9-10-11-12-15-28-18-25-16(21)24-17(26-18)22-13-14-23-19(27)29-20(2,3)4/h5-15H2,1-4H3,(H,23,27)(H,22,24,25,26).